The van der Waals surface area contributed by atoms with Gasteiger partial charge in [-0.05, 0) is 39.0 Å². The zero-order valence-corrected chi connectivity index (χ0v) is 16.5. The molecule has 0 spiro atoms. The molecule has 150 valence electrons. The molecule has 2 amide bonds. The lowest BCUT2D eigenvalue weighted by molar-refractivity contribution is -0.152. The number of nitrogens with zero attached hydrogens (tertiary/aromatic N) is 2. The highest BCUT2D eigenvalue weighted by Gasteiger charge is 2.21. The van der Waals surface area contributed by atoms with Gasteiger partial charge in [0.05, 0.1) is 24.2 Å². The van der Waals surface area contributed by atoms with Crippen molar-refractivity contribution in [3.8, 4) is 5.75 Å². The molecule has 1 aromatic heterocycles. The Bertz CT molecular complexity index is 890. The van der Waals surface area contributed by atoms with Crippen molar-refractivity contribution in [3.63, 3.8) is 0 Å². The topological polar surface area (TPSA) is 112 Å². The number of methoxy groups -OCH3 is 1. The first-order valence-electron chi connectivity index (χ1n) is 8.65. The van der Waals surface area contributed by atoms with Crippen molar-refractivity contribution in [3.05, 3.63) is 41.2 Å². The van der Waals surface area contributed by atoms with E-state index in [0.29, 0.717) is 22.7 Å². The van der Waals surface area contributed by atoms with E-state index < -0.39 is 23.9 Å². The Labute approximate surface area is 163 Å². The third-order valence-electron chi connectivity index (χ3n) is 4.16. The van der Waals surface area contributed by atoms with Crippen LogP contribution in [0, 0.1) is 13.8 Å². The van der Waals surface area contributed by atoms with Gasteiger partial charge in [-0.1, -0.05) is 6.07 Å². The highest BCUT2D eigenvalue weighted by atomic mass is 16.5. The van der Waals surface area contributed by atoms with Crippen LogP contribution in [0.2, 0.25) is 0 Å². The van der Waals surface area contributed by atoms with Gasteiger partial charge in [-0.2, -0.15) is 5.10 Å². The zero-order chi connectivity index (χ0) is 20.8. The summed E-state index contributed by atoms with van der Waals surface area (Å²) in [5.41, 5.74) is 2.38. The molecule has 0 aliphatic heterocycles. The summed E-state index contributed by atoms with van der Waals surface area (Å²) in [6.45, 7) is 4.69. The van der Waals surface area contributed by atoms with Crippen LogP contribution in [0.1, 0.15) is 28.7 Å². The maximum atomic E-state index is 12.3. The van der Waals surface area contributed by atoms with E-state index in [2.05, 4.69) is 15.7 Å². The van der Waals surface area contributed by atoms with Crippen molar-refractivity contribution in [2.24, 2.45) is 7.05 Å². The van der Waals surface area contributed by atoms with Gasteiger partial charge in [0.2, 0.25) is 0 Å². The van der Waals surface area contributed by atoms with Crippen molar-refractivity contribution in [2.45, 2.75) is 26.9 Å². The van der Waals surface area contributed by atoms with Crippen molar-refractivity contribution < 1.29 is 23.9 Å². The smallest absolute Gasteiger partial charge is 0.326 e. The lowest BCUT2D eigenvalue weighted by atomic mass is 10.2. The molecule has 9 nitrogen and oxygen atoms in total. The summed E-state index contributed by atoms with van der Waals surface area (Å²) in [4.78, 5) is 36.3. The first-order chi connectivity index (χ1) is 13.2. The first kappa shape index (κ1) is 20.9. The number of nitrogens with one attached hydrogen (secondary N) is 2. The molecule has 0 saturated carbocycles. The van der Waals surface area contributed by atoms with E-state index in [1.54, 1.807) is 42.9 Å². The van der Waals surface area contributed by atoms with Crippen molar-refractivity contribution in [2.75, 3.05) is 19.0 Å². The Balaban J connectivity index is 1.86. The molecular weight excluding hydrogens is 364 g/mol. The van der Waals surface area contributed by atoms with Crippen LogP contribution in [0.5, 0.6) is 5.75 Å². The van der Waals surface area contributed by atoms with Crippen molar-refractivity contribution in [1.29, 1.82) is 0 Å². The monoisotopic (exact) mass is 388 g/mol. The first-order valence-corrected chi connectivity index (χ1v) is 8.65. The molecule has 2 aromatic rings. The number of amides is 2. The molecule has 1 aromatic carbocycles. The number of ether oxygens (including phenoxy) is 2. The second-order valence-electron chi connectivity index (χ2n) is 6.21. The van der Waals surface area contributed by atoms with E-state index in [4.69, 9.17) is 9.47 Å². The molecule has 2 N–H and O–H groups in total. The van der Waals surface area contributed by atoms with Gasteiger partial charge in [-0.15, -0.1) is 0 Å². The van der Waals surface area contributed by atoms with Crippen LogP contribution in [0.3, 0.4) is 0 Å². The van der Waals surface area contributed by atoms with Crippen molar-refractivity contribution >= 4 is 23.5 Å². The molecule has 0 bridgehead atoms. The molecule has 2 rings (SSSR count). The number of rotatable bonds is 7. The van der Waals surface area contributed by atoms with Gasteiger partial charge in [0, 0.05) is 12.6 Å². The molecule has 28 heavy (non-hydrogen) atoms. The minimum atomic E-state index is -1.03. The Morgan fingerprint density at radius 3 is 2.57 bits per heavy atom. The average Bonchev–Trinajstić information content (AvgIpc) is 2.92. The Hall–Kier alpha value is -3.36. The average molecular weight is 388 g/mol. The lowest BCUT2D eigenvalue weighted by Crippen LogP contribution is -2.36. The third kappa shape index (κ3) is 5.09. The maximum Gasteiger partial charge on any atom is 0.326 e. The highest BCUT2D eigenvalue weighted by Crippen LogP contribution is 2.18. The van der Waals surface area contributed by atoms with E-state index in [1.165, 1.54) is 14.0 Å². The van der Waals surface area contributed by atoms with Gasteiger partial charge in [-0.3, -0.25) is 19.1 Å². The van der Waals surface area contributed by atoms with Gasteiger partial charge < -0.3 is 20.1 Å². The van der Waals surface area contributed by atoms with Crippen molar-refractivity contribution in [1.82, 2.24) is 15.1 Å². The van der Waals surface area contributed by atoms with E-state index in [-0.39, 0.29) is 6.54 Å². The summed E-state index contributed by atoms with van der Waals surface area (Å²) < 4.78 is 11.8. The van der Waals surface area contributed by atoms with Crippen LogP contribution in [-0.2, 0) is 21.4 Å². The summed E-state index contributed by atoms with van der Waals surface area (Å²) in [7, 11) is 3.27. The van der Waals surface area contributed by atoms with Crippen LogP contribution in [0.25, 0.3) is 0 Å². The maximum absolute atomic E-state index is 12.3. The Morgan fingerprint density at radius 2 is 1.96 bits per heavy atom. The number of anilines is 1. The molecule has 0 fully saturated rings. The molecule has 1 atom stereocenters. The van der Waals surface area contributed by atoms with Crippen LogP contribution < -0.4 is 15.4 Å². The third-order valence-corrected chi connectivity index (χ3v) is 4.16. The van der Waals surface area contributed by atoms with Crippen LogP contribution in [-0.4, -0.2) is 47.3 Å². The number of carbonyl (C=O) groups is 3. The van der Waals surface area contributed by atoms with Gasteiger partial charge in [0.15, 0.2) is 6.10 Å². The van der Waals surface area contributed by atoms with Gasteiger partial charge in [-0.25, -0.2) is 0 Å². The summed E-state index contributed by atoms with van der Waals surface area (Å²) >= 11 is 0. The van der Waals surface area contributed by atoms with E-state index in [0.717, 1.165) is 5.69 Å². The standard InChI is InChI=1S/C19H24N4O5/c1-11-17(12(2)23(4)22-11)21-18(25)13(3)28-16(24)10-20-19(26)14-7-6-8-15(9-14)27-5/h6-9,13H,10H2,1-5H3,(H,20,26)(H,21,25). The molecule has 0 aliphatic carbocycles. The van der Waals surface area contributed by atoms with Gasteiger partial charge >= 0.3 is 5.97 Å². The summed E-state index contributed by atoms with van der Waals surface area (Å²) in [6.07, 6.45) is -1.03. The predicted octanol–water partition coefficient (Wildman–Crippen LogP) is 1.35. The number of esters is 1. The molecule has 1 unspecified atom stereocenters. The fraction of sp³-hybridized carbons (Fsp3) is 0.368. The number of aromatic nitrogens is 2. The highest BCUT2D eigenvalue weighted by molar-refractivity contribution is 5.98. The second-order valence-corrected chi connectivity index (χ2v) is 6.21. The number of aryl methyl sites for hydroxylation is 2. The van der Waals surface area contributed by atoms with Gasteiger partial charge in [0.1, 0.15) is 12.3 Å². The quantitative estimate of drug-likeness (QED) is 0.693. The second kappa shape index (κ2) is 9.03. The minimum Gasteiger partial charge on any atom is -0.497 e. The van der Waals surface area contributed by atoms with E-state index in [1.807, 2.05) is 6.92 Å². The zero-order valence-electron chi connectivity index (χ0n) is 16.5. The number of hydrogen-bond donors (Lipinski definition) is 2. The number of hydrogen-bond acceptors (Lipinski definition) is 6. The summed E-state index contributed by atoms with van der Waals surface area (Å²) in [6, 6.07) is 6.52. The molecule has 9 heteroatoms. The Kier molecular flexibility index (Phi) is 6.75. The normalized spacial score (nSPS) is 11.5. The molecule has 0 saturated heterocycles. The van der Waals surface area contributed by atoms with Crippen LogP contribution in [0.15, 0.2) is 24.3 Å². The fourth-order valence-electron chi connectivity index (χ4n) is 2.49. The molecule has 1 heterocycles. The SMILES string of the molecule is COc1cccc(C(=O)NCC(=O)OC(C)C(=O)Nc2c(C)nn(C)c2C)c1. The van der Waals surface area contributed by atoms with Crippen LogP contribution >= 0.6 is 0 Å². The summed E-state index contributed by atoms with van der Waals surface area (Å²) in [5.74, 6) is -1.12. The molecular formula is C19H24N4O5. The number of benzene rings is 1. The van der Waals surface area contributed by atoms with Gasteiger partial charge in [0.25, 0.3) is 11.8 Å². The molecule has 0 radical (unpaired) electrons. The predicted molar refractivity (Wildman–Crippen MR) is 102 cm³/mol. The fourth-order valence-corrected chi connectivity index (χ4v) is 2.49. The lowest BCUT2D eigenvalue weighted by Gasteiger charge is -2.14. The van der Waals surface area contributed by atoms with Crippen LogP contribution in [0.4, 0.5) is 5.69 Å². The van der Waals surface area contributed by atoms with E-state index in [9.17, 15) is 14.4 Å². The minimum absolute atomic E-state index is 0.348. The Morgan fingerprint density at radius 1 is 1.25 bits per heavy atom. The number of carbonyl (C=O) groups excluding carboxylic acids is 3. The summed E-state index contributed by atoms with van der Waals surface area (Å²) in [5, 5.41) is 9.37. The van der Waals surface area contributed by atoms with E-state index >= 15 is 0 Å². The molecule has 0 aliphatic rings. The largest absolute Gasteiger partial charge is 0.497 e.